The van der Waals surface area contributed by atoms with E-state index in [4.69, 9.17) is 0 Å². The summed E-state index contributed by atoms with van der Waals surface area (Å²) in [6, 6.07) is 11.6. The third kappa shape index (κ3) is 5.51. The van der Waals surface area contributed by atoms with E-state index in [1.165, 1.54) is 12.1 Å². The van der Waals surface area contributed by atoms with Crippen molar-refractivity contribution in [2.75, 3.05) is 29.3 Å². The summed E-state index contributed by atoms with van der Waals surface area (Å²) in [6.07, 6.45) is 2.18. The van der Waals surface area contributed by atoms with Crippen LogP contribution in [-0.2, 0) is 10.0 Å². The van der Waals surface area contributed by atoms with Gasteiger partial charge in [0.15, 0.2) is 0 Å². The minimum Gasteiger partial charge on any atom is -0.371 e. The number of sulfonamides is 1. The van der Waals surface area contributed by atoms with E-state index in [-0.39, 0.29) is 10.8 Å². The van der Waals surface area contributed by atoms with Gasteiger partial charge in [-0.15, -0.1) is 0 Å². The molecule has 3 rings (SSSR count). The summed E-state index contributed by atoms with van der Waals surface area (Å²) in [5, 5.41) is 2.94. The van der Waals surface area contributed by atoms with Crippen molar-refractivity contribution < 1.29 is 13.2 Å². The number of benzene rings is 2. The highest BCUT2D eigenvalue weighted by Crippen LogP contribution is 2.29. The van der Waals surface area contributed by atoms with Crippen LogP contribution in [0.1, 0.15) is 37.0 Å². The number of nitrogens with one attached hydrogen (secondary N) is 2. The van der Waals surface area contributed by atoms with Crippen LogP contribution in [0.15, 0.2) is 51.8 Å². The van der Waals surface area contributed by atoms with Gasteiger partial charge in [0.05, 0.1) is 10.5 Å². The molecule has 2 aromatic rings. The maximum atomic E-state index is 12.8. The lowest BCUT2D eigenvalue weighted by Gasteiger charge is -2.22. The smallest absolute Gasteiger partial charge is 0.261 e. The molecule has 1 fully saturated rings. The standard InChI is InChI=1S/C21H26BrN3O3S/c1-15(2)14-23-21(26)19-13-17(7-10-20(19)25-11-3-4-12-25)24-29(27,28)18-8-5-16(22)6-9-18/h5-10,13,15,24H,3-4,11-12,14H2,1-2H3,(H,23,26). The van der Waals surface area contributed by atoms with Crippen LogP contribution >= 0.6 is 15.9 Å². The molecule has 0 bridgehead atoms. The molecular formula is C21H26BrN3O3S. The molecular weight excluding hydrogens is 454 g/mol. The molecule has 0 aliphatic carbocycles. The normalized spacial score (nSPS) is 14.3. The zero-order chi connectivity index (χ0) is 21.0. The van der Waals surface area contributed by atoms with Crippen molar-refractivity contribution in [1.82, 2.24) is 5.32 Å². The Morgan fingerprint density at radius 1 is 1.10 bits per heavy atom. The summed E-state index contributed by atoms with van der Waals surface area (Å²) in [7, 11) is -3.75. The largest absolute Gasteiger partial charge is 0.371 e. The van der Waals surface area contributed by atoms with Crippen LogP contribution in [0.25, 0.3) is 0 Å². The number of carbonyl (C=O) groups excluding carboxylic acids is 1. The highest BCUT2D eigenvalue weighted by molar-refractivity contribution is 9.10. The van der Waals surface area contributed by atoms with Crippen molar-refractivity contribution in [3.63, 3.8) is 0 Å². The van der Waals surface area contributed by atoms with Gasteiger partial charge in [-0.05, 0) is 61.2 Å². The molecule has 156 valence electrons. The first kappa shape index (κ1) is 21.6. The third-order valence-electron chi connectivity index (χ3n) is 4.73. The molecule has 6 nitrogen and oxygen atoms in total. The first-order chi connectivity index (χ1) is 13.8. The van der Waals surface area contributed by atoms with Gasteiger partial charge in [-0.3, -0.25) is 9.52 Å². The molecule has 0 aromatic heterocycles. The van der Waals surface area contributed by atoms with Gasteiger partial charge in [0, 0.05) is 35.5 Å². The van der Waals surface area contributed by atoms with Crippen molar-refractivity contribution in [1.29, 1.82) is 0 Å². The number of nitrogens with zero attached hydrogens (tertiary/aromatic N) is 1. The Morgan fingerprint density at radius 2 is 1.76 bits per heavy atom. The fourth-order valence-corrected chi connectivity index (χ4v) is 4.55. The van der Waals surface area contributed by atoms with E-state index in [9.17, 15) is 13.2 Å². The Hall–Kier alpha value is -2.06. The van der Waals surface area contributed by atoms with Gasteiger partial charge >= 0.3 is 0 Å². The fourth-order valence-electron chi connectivity index (χ4n) is 3.24. The second-order valence-corrected chi connectivity index (χ2v) is 10.2. The lowest BCUT2D eigenvalue weighted by molar-refractivity contribution is 0.0949. The van der Waals surface area contributed by atoms with Crippen molar-refractivity contribution in [2.24, 2.45) is 5.92 Å². The molecule has 0 radical (unpaired) electrons. The molecule has 0 saturated carbocycles. The molecule has 2 aromatic carbocycles. The predicted molar refractivity (Wildman–Crippen MR) is 120 cm³/mol. The predicted octanol–water partition coefficient (Wildman–Crippen LogP) is 4.24. The Morgan fingerprint density at radius 3 is 2.38 bits per heavy atom. The maximum absolute atomic E-state index is 12.8. The first-order valence-electron chi connectivity index (χ1n) is 9.72. The SMILES string of the molecule is CC(C)CNC(=O)c1cc(NS(=O)(=O)c2ccc(Br)cc2)ccc1N1CCCC1. The van der Waals surface area contributed by atoms with Crippen molar-refractivity contribution in [3.8, 4) is 0 Å². The van der Waals surface area contributed by atoms with E-state index >= 15 is 0 Å². The summed E-state index contributed by atoms with van der Waals surface area (Å²) in [5.41, 5.74) is 1.70. The number of rotatable bonds is 7. The number of hydrogen-bond donors (Lipinski definition) is 2. The molecule has 1 saturated heterocycles. The Balaban J connectivity index is 1.90. The van der Waals surface area contributed by atoms with E-state index in [1.54, 1.807) is 24.3 Å². The van der Waals surface area contributed by atoms with Crippen LogP contribution in [0.4, 0.5) is 11.4 Å². The van der Waals surface area contributed by atoms with E-state index in [2.05, 4.69) is 30.9 Å². The monoisotopic (exact) mass is 479 g/mol. The van der Waals surface area contributed by atoms with E-state index in [0.717, 1.165) is 36.1 Å². The van der Waals surface area contributed by atoms with Gasteiger partial charge in [0.1, 0.15) is 0 Å². The number of carbonyl (C=O) groups is 1. The molecule has 1 aliphatic heterocycles. The van der Waals surface area contributed by atoms with Crippen LogP contribution in [0, 0.1) is 5.92 Å². The van der Waals surface area contributed by atoms with Crippen molar-refractivity contribution >= 4 is 43.2 Å². The summed E-state index contributed by atoms with van der Waals surface area (Å²) < 4.78 is 28.8. The summed E-state index contributed by atoms with van der Waals surface area (Å²) in [4.78, 5) is 15.2. The van der Waals surface area contributed by atoms with E-state index < -0.39 is 10.0 Å². The summed E-state index contributed by atoms with van der Waals surface area (Å²) >= 11 is 3.31. The van der Waals surface area contributed by atoms with Crippen LogP contribution in [-0.4, -0.2) is 34.0 Å². The van der Waals surface area contributed by atoms with Crippen molar-refractivity contribution in [2.45, 2.75) is 31.6 Å². The number of anilines is 2. The van der Waals surface area contributed by atoms with Crippen molar-refractivity contribution in [3.05, 3.63) is 52.5 Å². The second kappa shape index (κ2) is 9.17. The highest BCUT2D eigenvalue weighted by atomic mass is 79.9. The lowest BCUT2D eigenvalue weighted by atomic mass is 10.1. The maximum Gasteiger partial charge on any atom is 0.261 e. The Bertz CT molecular complexity index is 969. The van der Waals surface area contributed by atoms with Crippen LogP contribution < -0.4 is 14.9 Å². The molecule has 0 unspecified atom stereocenters. The topological polar surface area (TPSA) is 78.5 Å². The minimum absolute atomic E-state index is 0.162. The van der Waals surface area contributed by atoms with Crippen LogP contribution in [0.2, 0.25) is 0 Å². The molecule has 1 heterocycles. The van der Waals surface area contributed by atoms with Gasteiger partial charge in [0.2, 0.25) is 0 Å². The van der Waals surface area contributed by atoms with Gasteiger partial charge in [-0.1, -0.05) is 29.8 Å². The van der Waals surface area contributed by atoms with E-state index in [0.29, 0.717) is 23.7 Å². The third-order valence-corrected chi connectivity index (χ3v) is 6.66. The van der Waals surface area contributed by atoms with E-state index in [1.807, 2.05) is 19.9 Å². The van der Waals surface area contributed by atoms with Gasteiger partial charge in [-0.2, -0.15) is 0 Å². The van der Waals surface area contributed by atoms with Gasteiger partial charge < -0.3 is 10.2 Å². The summed E-state index contributed by atoms with van der Waals surface area (Å²) in [5.74, 6) is 0.138. The molecule has 1 aliphatic rings. The zero-order valence-electron chi connectivity index (χ0n) is 16.6. The second-order valence-electron chi connectivity index (χ2n) is 7.59. The molecule has 8 heteroatoms. The number of hydrogen-bond acceptors (Lipinski definition) is 4. The first-order valence-corrected chi connectivity index (χ1v) is 12.0. The number of amides is 1. The molecule has 0 atom stereocenters. The van der Waals surface area contributed by atoms with Gasteiger partial charge in [0.25, 0.3) is 15.9 Å². The molecule has 1 amide bonds. The fraction of sp³-hybridized carbons (Fsp3) is 0.381. The number of halogens is 1. The molecule has 29 heavy (non-hydrogen) atoms. The minimum atomic E-state index is -3.75. The van der Waals surface area contributed by atoms with Crippen LogP contribution in [0.5, 0.6) is 0 Å². The molecule has 0 spiro atoms. The zero-order valence-corrected chi connectivity index (χ0v) is 19.0. The summed E-state index contributed by atoms with van der Waals surface area (Å²) in [6.45, 7) is 6.42. The Kier molecular flexibility index (Phi) is 6.85. The quantitative estimate of drug-likeness (QED) is 0.622. The molecule has 2 N–H and O–H groups in total. The average molecular weight is 480 g/mol. The average Bonchev–Trinajstić information content (AvgIpc) is 3.20. The lowest BCUT2D eigenvalue weighted by Crippen LogP contribution is -2.30. The van der Waals surface area contributed by atoms with Crippen LogP contribution in [0.3, 0.4) is 0 Å². The Labute approximate surface area is 180 Å². The van der Waals surface area contributed by atoms with Gasteiger partial charge in [-0.25, -0.2) is 8.42 Å². The highest BCUT2D eigenvalue weighted by Gasteiger charge is 2.22.